The first kappa shape index (κ1) is 10.3. The number of methoxy groups -OCH3 is 1. The third-order valence-corrected chi connectivity index (χ3v) is 1.02. The smallest absolute Gasteiger partial charge is 0.305 e. The molecule has 0 aliphatic heterocycles. The summed E-state index contributed by atoms with van der Waals surface area (Å²) >= 11 is 0. The van der Waals surface area contributed by atoms with Crippen LogP contribution in [0.25, 0.3) is 0 Å². The molecule has 0 aromatic carbocycles. The largest absolute Gasteiger partial charge is 0.433 e. The lowest BCUT2D eigenvalue weighted by Gasteiger charge is -2.18. The van der Waals surface area contributed by atoms with Gasteiger partial charge in [0.05, 0.1) is 6.61 Å². The number of carbonyl (C=O) groups is 1. The van der Waals surface area contributed by atoms with Gasteiger partial charge in [0.15, 0.2) is 0 Å². The van der Waals surface area contributed by atoms with Crippen molar-refractivity contribution in [3.05, 3.63) is 0 Å². The number of aliphatic hydroxyl groups is 2. The van der Waals surface area contributed by atoms with Crippen LogP contribution in [0.1, 0.15) is 6.92 Å². The van der Waals surface area contributed by atoms with E-state index in [1.54, 1.807) is 0 Å². The van der Waals surface area contributed by atoms with Crippen LogP contribution in [0.15, 0.2) is 0 Å². The highest BCUT2D eigenvalue weighted by Gasteiger charge is 2.20. The maximum absolute atomic E-state index is 10.3. The van der Waals surface area contributed by atoms with E-state index in [0.717, 1.165) is 0 Å². The van der Waals surface area contributed by atoms with Gasteiger partial charge in [-0.15, -0.1) is 0 Å². The molecule has 66 valence electrons. The Labute approximate surface area is 64.5 Å². The van der Waals surface area contributed by atoms with Crippen molar-refractivity contribution in [3.63, 3.8) is 0 Å². The quantitative estimate of drug-likeness (QED) is 0.406. The maximum atomic E-state index is 10.3. The molecular weight excluding hydrogens is 152 g/mol. The van der Waals surface area contributed by atoms with Crippen LogP contribution in [0.5, 0.6) is 0 Å². The fourth-order valence-electron chi connectivity index (χ4n) is 0.533. The molecule has 0 bridgehead atoms. The van der Waals surface area contributed by atoms with Gasteiger partial charge in [-0.2, -0.15) is 0 Å². The van der Waals surface area contributed by atoms with E-state index in [2.05, 4.69) is 9.47 Å². The van der Waals surface area contributed by atoms with E-state index >= 15 is 0 Å². The molecule has 0 spiro atoms. The van der Waals surface area contributed by atoms with E-state index in [4.69, 9.17) is 10.2 Å². The summed E-state index contributed by atoms with van der Waals surface area (Å²) in [6, 6.07) is 0. The number of hydrogen-bond acceptors (Lipinski definition) is 5. The lowest BCUT2D eigenvalue weighted by atomic mass is 10.4. The minimum absolute atomic E-state index is 0.508. The third-order valence-electron chi connectivity index (χ3n) is 1.02. The molecule has 0 fully saturated rings. The molecule has 0 amide bonds. The Bertz CT molecular complexity index is 124. The third kappa shape index (κ3) is 3.92. The summed E-state index contributed by atoms with van der Waals surface area (Å²) < 4.78 is 9.04. The number of aliphatic hydroxyl groups excluding tert-OH is 2. The van der Waals surface area contributed by atoms with Crippen LogP contribution in [0.4, 0.5) is 0 Å². The van der Waals surface area contributed by atoms with Crippen molar-refractivity contribution in [1.29, 1.82) is 0 Å². The zero-order valence-corrected chi connectivity index (χ0v) is 6.48. The summed E-state index contributed by atoms with van der Waals surface area (Å²) in [7, 11) is 1.27. The van der Waals surface area contributed by atoms with Crippen LogP contribution in [0, 0.1) is 0 Å². The van der Waals surface area contributed by atoms with Gasteiger partial charge in [-0.3, -0.25) is 4.79 Å². The van der Waals surface area contributed by atoms with Gasteiger partial charge in [0, 0.05) is 14.0 Å². The normalized spacial score (nSPS) is 15.6. The number of esters is 1. The molecule has 0 aromatic rings. The summed E-state index contributed by atoms with van der Waals surface area (Å²) in [4.78, 5) is 10.3. The maximum Gasteiger partial charge on any atom is 0.305 e. The minimum Gasteiger partial charge on any atom is -0.433 e. The predicted molar refractivity (Wildman–Crippen MR) is 35.7 cm³/mol. The first-order valence-corrected chi connectivity index (χ1v) is 3.10. The van der Waals surface area contributed by atoms with Crippen LogP contribution in [0.2, 0.25) is 0 Å². The number of carbonyl (C=O) groups excluding carboxylic acids is 1. The predicted octanol–water partition coefficient (Wildman–Crippen LogP) is -1.12. The molecule has 2 unspecified atom stereocenters. The Balaban J connectivity index is 3.84. The molecule has 0 saturated carbocycles. The Morgan fingerprint density at radius 2 is 2.18 bits per heavy atom. The second kappa shape index (κ2) is 5.06. The Morgan fingerprint density at radius 1 is 1.64 bits per heavy atom. The van der Waals surface area contributed by atoms with Gasteiger partial charge in [0.2, 0.25) is 6.29 Å². The van der Waals surface area contributed by atoms with E-state index in [0.29, 0.717) is 0 Å². The fourth-order valence-corrected chi connectivity index (χ4v) is 0.533. The van der Waals surface area contributed by atoms with Crippen molar-refractivity contribution in [3.8, 4) is 0 Å². The summed E-state index contributed by atoms with van der Waals surface area (Å²) in [5, 5.41) is 17.3. The van der Waals surface area contributed by atoms with Crippen LogP contribution in [-0.4, -0.2) is 42.3 Å². The average molecular weight is 164 g/mol. The van der Waals surface area contributed by atoms with Gasteiger partial charge in [0.1, 0.15) is 6.10 Å². The number of ether oxygens (including phenoxy) is 2. The Kier molecular flexibility index (Phi) is 4.76. The molecule has 0 radical (unpaired) electrons. The van der Waals surface area contributed by atoms with Crippen LogP contribution >= 0.6 is 0 Å². The van der Waals surface area contributed by atoms with E-state index in [-0.39, 0.29) is 0 Å². The molecule has 0 rings (SSSR count). The lowest BCUT2D eigenvalue weighted by Crippen LogP contribution is -2.34. The molecule has 11 heavy (non-hydrogen) atoms. The van der Waals surface area contributed by atoms with Crippen molar-refractivity contribution >= 4 is 5.97 Å². The van der Waals surface area contributed by atoms with Crippen LogP contribution in [0.3, 0.4) is 0 Å². The van der Waals surface area contributed by atoms with Crippen molar-refractivity contribution < 1.29 is 24.5 Å². The van der Waals surface area contributed by atoms with Crippen LogP contribution in [-0.2, 0) is 14.3 Å². The molecule has 0 aliphatic rings. The second-order valence-electron chi connectivity index (χ2n) is 1.96. The summed E-state index contributed by atoms with van der Waals surface area (Å²) in [6.45, 7) is 0.682. The van der Waals surface area contributed by atoms with E-state index in [9.17, 15) is 4.79 Å². The highest BCUT2D eigenvalue weighted by Crippen LogP contribution is 1.99. The van der Waals surface area contributed by atoms with Crippen molar-refractivity contribution in [2.75, 3.05) is 13.7 Å². The molecule has 0 saturated heterocycles. The highest BCUT2D eigenvalue weighted by molar-refractivity contribution is 5.66. The van der Waals surface area contributed by atoms with E-state index < -0.39 is 25.0 Å². The van der Waals surface area contributed by atoms with Gasteiger partial charge in [-0.05, 0) is 0 Å². The zero-order valence-electron chi connectivity index (χ0n) is 6.48. The average Bonchev–Trinajstić information content (AvgIpc) is 1.98. The summed E-state index contributed by atoms with van der Waals surface area (Å²) in [6.07, 6.45) is -2.28. The topological polar surface area (TPSA) is 76.0 Å². The summed E-state index contributed by atoms with van der Waals surface area (Å²) in [5.74, 6) is -0.565. The standard InChI is InChI=1S/C6H12O5/c1-4(8)11-6(10-2)5(9)3-7/h5-7,9H,3H2,1-2H3. The molecule has 0 aliphatic carbocycles. The lowest BCUT2D eigenvalue weighted by molar-refractivity contribution is -0.197. The molecule has 0 heterocycles. The Morgan fingerprint density at radius 3 is 2.45 bits per heavy atom. The fraction of sp³-hybridized carbons (Fsp3) is 0.833. The van der Waals surface area contributed by atoms with Gasteiger partial charge in [-0.1, -0.05) is 0 Å². The molecular formula is C6H12O5. The number of rotatable bonds is 4. The minimum atomic E-state index is -1.19. The second-order valence-corrected chi connectivity index (χ2v) is 1.96. The monoisotopic (exact) mass is 164 g/mol. The zero-order chi connectivity index (χ0) is 8.85. The van der Waals surface area contributed by atoms with Gasteiger partial charge >= 0.3 is 5.97 Å². The molecule has 2 N–H and O–H groups in total. The van der Waals surface area contributed by atoms with Crippen LogP contribution < -0.4 is 0 Å². The molecule has 5 heteroatoms. The summed E-state index contributed by atoms with van der Waals surface area (Å²) in [5.41, 5.74) is 0. The van der Waals surface area contributed by atoms with Gasteiger partial charge in [-0.25, -0.2) is 0 Å². The first-order valence-electron chi connectivity index (χ1n) is 3.10. The first-order chi connectivity index (χ1) is 5.11. The van der Waals surface area contributed by atoms with Crippen molar-refractivity contribution in [2.45, 2.75) is 19.3 Å². The van der Waals surface area contributed by atoms with Crippen molar-refractivity contribution in [1.82, 2.24) is 0 Å². The van der Waals surface area contributed by atoms with Gasteiger partial charge < -0.3 is 19.7 Å². The van der Waals surface area contributed by atoms with E-state index in [1.165, 1.54) is 14.0 Å². The van der Waals surface area contributed by atoms with Gasteiger partial charge in [0.25, 0.3) is 0 Å². The molecule has 2 atom stereocenters. The Hall–Kier alpha value is -0.650. The number of hydrogen-bond donors (Lipinski definition) is 2. The molecule has 0 aromatic heterocycles. The SMILES string of the molecule is COC(OC(C)=O)C(O)CO. The van der Waals surface area contributed by atoms with E-state index in [1.807, 2.05) is 0 Å². The molecule has 5 nitrogen and oxygen atoms in total. The highest BCUT2D eigenvalue weighted by atomic mass is 16.7. The van der Waals surface area contributed by atoms with Crippen molar-refractivity contribution in [2.24, 2.45) is 0 Å².